The first kappa shape index (κ1) is 21.0. The smallest absolute Gasteiger partial charge is 0.286 e. The minimum absolute atomic E-state index is 0.0309. The molecular formula is C27H22N2O3. The number of nitrogens with one attached hydrogen (secondary N) is 1. The summed E-state index contributed by atoms with van der Waals surface area (Å²) in [6.07, 6.45) is 0. The number of nitrogens with zero attached hydrogens (tertiary/aromatic N) is 1. The van der Waals surface area contributed by atoms with Crippen LogP contribution in [0.25, 0.3) is 33.6 Å². The van der Waals surface area contributed by atoms with Crippen LogP contribution in [-0.2, 0) is 16.1 Å². The molecule has 0 unspecified atom stereocenters. The predicted octanol–water partition coefficient (Wildman–Crippen LogP) is 2.84. The Hall–Kier alpha value is -4.25. The molecule has 1 heterocycles. The number of pyridine rings is 1. The zero-order chi connectivity index (χ0) is 22.3. The van der Waals surface area contributed by atoms with Gasteiger partial charge in [0.25, 0.3) is 5.91 Å². The highest BCUT2D eigenvalue weighted by Gasteiger charge is 2.24. The van der Waals surface area contributed by atoms with E-state index in [1.165, 1.54) is 0 Å². The molecule has 0 bridgehead atoms. The van der Waals surface area contributed by atoms with Crippen molar-refractivity contribution in [3.05, 3.63) is 103 Å². The van der Waals surface area contributed by atoms with Crippen LogP contribution < -0.4 is 15.0 Å². The minimum Gasteiger partial charge on any atom is -0.548 e. The molecule has 158 valence electrons. The second-order valence-corrected chi connectivity index (χ2v) is 7.35. The largest absolute Gasteiger partial charge is 0.548 e. The Labute approximate surface area is 186 Å². The molecule has 1 N–H and O–H groups in total. The van der Waals surface area contributed by atoms with Gasteiger partial charge in [-0.25, -0.2) is 0 Å². The normalized spacial score (nSPS) is 10.5. The summed E-state index contributed by atoms with van der Waals surface area (Å²) in [7, 11) is 0. The fraction of sp³-hybridized carbons (Fsp3) is 0.0741. The van der Waals surface area contributed by atoms with E-state index in [2.05, 4.69) is 29.6 Å². The zero-order valence-electron chi connectivity index (χ0n) is 17.4. The van der Waals surface area contributed by atoms with Gasteiger partial charge in [0.15, 0.2) is 0 Å². The molecule has 0 saturated heterocycles. The second kappa shape index (κ2) is 9.71. The summed E-state index contributed by atoms with van der Waals surface area (Å²) in [5.41, 5.74) is 5.71. The molecule has 1 amide bonds. The number of rotatable bonds is 7. The third-order valence-corrected chi connectivity index (χ3v) is 5.14. The lowest BCUT2D eigenvalue weighted by Gasteiger charge is -2.13. The summed E-state index contributed by atoms with van der Waals surface area (Å²) < 4.78 is 1.92. The van der Waals surface area contributed by atoms with Crippen LogP contribution in [0.1, 0.15) is 0 Å². The summed E-state index contributed by atoms with van der Waals surface area (Å²) in [4.78, 5) is 23.4. The Morgan fingerprint density at radius 2 is 1.09 bits per heavy atom. The third-order valence-electron chi connectivity index (χ3n) is 5.14. The van der Waals surface area contributed by atoms with Crippen molar-refractivity contribution in [2.75, 3.05) is 6.54 Å². The lowest BCUT2D eigenvalue weighted by atomic mass is 9.99. The van der Waals surface area contributed by atoms with Gasteiger partial charge in [-0.2, -0.15) is 4.57 Å². The van der Waals surface area contributed by atoms with Crippen molar-refractivity contribution < 1.29 is 19.3 Å². The molecule has 32 heavy (non-hydrogen) atoms. The lowest BCUT2D eigenvalue weighted by molar-refractivity contribution is -0.662. The van der Waals surface area contributed by atoms with Gasteiger partial charge < -0.3 is 15.2 Å². The number of benzene rings is 3. The molecule has 4 aromatic rings. The van der Waals surface area contributed by atoms with Gasteiger partial charge in [-0.3, -0.25) is 4.79 Å². The number of hydrogen-bond donors (Lipinski definition) is 1. The Bertz CT molecular complexity index is 1160. The Morgan fingerprint density at radius 3 is 1.53 bits per heavy atom. The highest BCUT2D eigenvalue weighted by atomic mass is 16.4. The molecule has 0 atom stereocenters. The predicted molar refractivity (Wildman–Crippen MR) is 121 cm³/mol. The van der Waals surface area contributed by atoms with E-state index >= 15 is 0 Å². The van der Waals surface area contributed by atoms with Gasteiger partial charge in [-0.05, 0) is 35.4 Å². The summed E-state index contributed by atoms with van der Waals surface area (Å²) in [5, 5.41) is 13.2. The summed E-state index contributed by atoms with van der Waals surface area (Å²) in [6.45, 7) is -0.556. The molecule has 0 aliphatic carbocycles. The molecule has 0 fully saturated rings. The zero-order valence-corrected chi connectivity index (χ0v) is 17.4. The van der Waals surface area contributed by atoms with Crippen LogP contribution in [-0.4, -0.2) is 18.4 Å². The monoisotopic (exact) mass is 422 g/mol. The first-order valence-corrected chi connectivity index (χ1v) is 10.3. The maximum absolute atomic E-state index is 12.6. The number of carbonyl (C=O) groups is 2. The quantitative estimate of drug-likeness (QED) is 0.466. The van der Waals surface area contributed by atoms with E-state index in [4.69, 9.17) is 0 Å². The summed E-state index contributed by atoms with van der Waals surface area (Å²) >= 11 is 0. The summed E-state index contributed by atoms with van der Waals surface area (Å²) in [6, 6.07) is 33.9. The van der Waals surface area contributed by atoms with E-state index in [1.807, 2.05) is 83.4 Å². The van der Waals surface area contributed by atoms with Crippen LogP contribution in [0.2, 0.25) is 0 Å². The molecule has 0 aliphatic rings. The van der Waals surface area contributed by atoms with Crippen LogP contribution in [0.4, 0.5) is 0 Å². The van der Waals surface area contributed by atoms with Crippen molar-refractivity contribution in [3.8, 4) is 33.6 Å². The van der Waals surface area contributed by atoms with Crippen molar-refractivity contribution in [1.82, 2.24) is 5.32 Å². The standard InChI is InChI=1S/C27H22N2O3/c30-26(28-18-27(31)32)19-29-24(21-12-6-2-7-13-21)16-23(20-10-4-1-5-11-20)17-25(29)22-14-8-3-9-15-22/h1-17H,18-19H2,(H-,28,30,31,32). The fourth-order valence-corrected chi connectivity index (χ4v) is 3.66. The van der Waals surface area contributed by atoms with Gasteiger partial charge in [-0.1, -0.05) is 66.7 Å². The Kier molecular flexibility index (Phi) is 6.37. The Morgan fingerprint density at radius 1 is 0.656 bits per heavy atom. The van der Waals surface area contributed by atoms with Gasteiger partial charge in [0.05, 0.1) is 12.5 Å². The SMILES string of the molecule is O=C([O-])CNC(=O)C[n+]1c(-c2ccccc2)cc(-c2ccccc2)cc1-c1ccccc1. The van der Waals surface area contributed by atoms with Crippen LogP contribution in [0.15, 0.2) is 103 Å². The molecular weight excluding hydrogens is 400 g/mol. The van der Waals surface area contributed by atoms with Crippen LogP contribution >= 0.6 is 0 Å². The average molecular weight is 422 g/mol. The average Bonchev–Trinajstić information content (AvgIpc) is 2.84. The van der Waals surface area contributed by atoms with Crippen molar-refractivity contribution in [2.45, 2.75) is 6.54 Å². The summed E-state index contributed by atoms with van der Waals surface area (Å²) in [5.74, 6) is -1.73. The molecule has 0 radical (unpaired) electrons. The number of aliphatic carboxylic acids is 1. The van der Waals surface area contributed by atoms with E-state index < -0.39 is 18.4 Å². The number of aromatic nitrogens is 1. The maximum atomic E-state index is 12.6. The van der Waals surface area contributed by atoms with E-state index in [-0.39, 0.29) is 6.54 Å². The van der Waals surface area contributed by atoms with Gasteiger partial charge in [0.2, 0.25) is 17.9 Å². The fourth-order valence-electron chi connectivity index (χ4n) is 3.66. The van der Waals surface area contributed by atoms with Crippen LogP contribution in [0.5, 0.6) is 0 Å². The number of carboxylic acid groups (broad SMARTS) is 1. The Balaban J connectivity index is 1.92. The first-order valence-electron chi connectivity index (χ1n) is 10.3. The minimum atomic E-state index is -1.32. The number of hydrogen-bond acceptors (Lipinski definition) is 3. The molecule has 0 spiro atoms. The van der Waals surface area contributed by atoms with Crippen molar-refractivity contribution in [3.63, 3.8) is 0 Å². The molecule has 5 heteroatoms. The molecule has 1 aromatic heterocycles. The van der Waals surface area contributed by atoms with Crippen molar-refractivity contribution >= 4 is 11.9 Å². The molecule has 5 nitrogen and oxygen atoms in total. The lowest BCUT2D eigenvalue weighted by Crippen LogP contribution is -2.48. The van der Waals surface area contributed by atoms with Gasteiger partial charge in [-0.15, -0.1) is 0 Å². The van der Waals surface area contributed by atoms with E-state index in [1.54, 1.807) is 0 Å². The van der Waals surface area contributed by atoms with Crippen LogP contribution in [0.3, 0.4) is 0 Å². The van der Waals surface area contributed by atoms with E-state index in [9.17, 15) is 14.7 Å². The van der Waals surface area contributed by atoms with E-state index in [0.717, 1.165) is 33.6 Å². The number of amides is 1. The van der Waals surface area contributed by atoms with E-state index in [0.29, 0.717) is 0 Å². The van der Waals surface area contributed by atoms with Gasteiger partial charge in [0.1, 0.15) is 0 Å². The van der Waals surface area contributed by atoms with Crippen molar-refractivity contribution in [1.29, 1.82) is 0 Å². The molecule has 4 rings (SSSR count). The maximum Gasteiger partial charge on any atom is 0.286 e. The number of carboxylic acids is 1. The third kappa shape index (κ3) is 4.90. The van der Waals surface area contributed by atoms with Gasteiger partial charge in [0, 0.05) is 23.3 Å². The second-order valence-electron chi connectivity index (χ2n) is 7.35. The van der Waals surface area contributed by atoms with Crippen molar-refractivity contribution in [2.24, 2.45) is 0 Å². The molecule has 3 aromatic carbocycles. The molecule has 0 saturated carbocycles. The molecule has 0 aliphatic heterocycles. The van der Waals surface area contributed by atoms with Gasteiger partial charge >= 0.3 is 0 Å². The first-order chi connectivity index (χ1) is 15.6. The highest BCUT2D eigenvalue weighted by Crippen LogP contribution is 2.29. The van der Waals surface area contributed by atoms with Crippen LogP contribution in [0, 0.1) is 0 Å². The number of carbonyl (C=O) groups excluding carboxylic acids is 2. The highest BCUT2D eigenvalue weighted by molar-refractivity contribution is 5.80. The topological polar surface area (TPSA) is 73.1 Å².